The minimum absolute atomic E-state index is 0.0930. The molecule has 0 amide bonds. The fourth-order valence-corrected chi connectivity index (χ4v) is 6.35. The van der Waals surface area contributed by atoms with E-state index in [1.165, 1.54) is 10.6 Å². The first-order chi connectivity index (χ1) is 17.7. The fourth-order valence-electron chi connectivity index (χ4n) is 4.52. The van der Waals surface area contributed by atoms with Gasteiger partial charge in [0.1, 0.15) is 28.8 Å². The molecule has 3 atom stereocenters. The Bertz CT molecular complexity index is 1310. The molecular weight excluding hydrogens is 492 g/mol. The summed E-state index contributed by atoms with van der Waals surface area (Å²) < 4.78 is 40.7. The Balaban J connectivity index is 1.73. The van der Waals surface area contributed by atoms with E-state index in [0.29, 0.717) is 24.6 Å². The summed E-state index contributed by atoms with van der Waals surface area (Å²) in [6, 6.07) is 12.2. The lowest BCUT2D eigenvalue weighted by atomic mass is 10.0. The van der Waals surface area contributed by atoms with Crippen LogP contribution in [-0.2, 0) is 16.6 Å². The molecule has 0 spiro atoms. The van der Waals surface area contributed by atoms with Gasteiger partial charge in [0.05, 0.1) is 13.7 Å². The zero-order valence-corrected chi connectivity index (χ0v) is 22.4. The van der Waals surface area contributed by atoms with Gasteiger partial charge in [-0.05, 0) is 49.4 Å². The SMILES string of the molecule is COc1cccc(-c2ccc3c(c2)O[C@@H](CN(C)Cc2cncnc2)[C@@H](C)CN([C@H](C)CO)S3(=O)=O)c1. The molecular formula is C27H34N4O5S. The second-order valence-corrected chi connectivity index (χ2v) is 11.4. The third kappa shape index (κ3) is 6.10. The van der Waals surface area contributed by atoms with Crippen LogP contribution in [0.5, 0.6) is 11.5 Å². The van der Waals surface area contributed by atoms with Gasteiger partial charge in [-0.2, -0.15) is 4.31 Å². The molecule has 1 N–H and O–H groups in total. The van der Waals surface area contributed by atoms with Crippen LogP contribution in [-0.4, -0.2) is 78.7 Å². The number of aromatic nitrogens is 2. The molecule has 9 nitrogen and oxygen atoms in total. The van der Waals surface area contributed by atoms with Crippen LogP contribution in [0.2, 0.25) is 0 Å². The van der Waals surface area contributed by atoms with Crippen molar-refractivity contribution in [3.05, 3.63) is 66.7 Å². The maximum Gasteiger partial charge on any atom is 0.247 e. The number of benzene rings is 2. The molecule has 0 fully saturated rings. The maximum absolute atomic E-state index is 13.7. The topological polar surface area (TPSA) is 105 Å². The zero-order valence-electron chi connectivity index (χ0n) is 21.6. The number of aliphatic hydroxyl groups is 1. The van der Waals surface area contributed by atoms with E-state index in [0.717, 1.165) is 16.7 Å². The standard InChI is InChI=1S/C27H34N4O5S/c1-19-14-31(20(2)17-32)37(33,34)27-9-8-23(22-6-5-7-24(10-22)35-4)11-25(27)36-26(19)16-30(3)15-21-12-28-18-29-13-21/h5-13,18-20,26,32H,14-17H2,1-4H3/t19-,20+,26-/m0/s1. The highest BCUT2D eigenvalue weighted by molar-refractivity contribution is 7.89. The second-order valence-electron chi connectivity index (χ2n) is 9.58. The summed E-state index contributed by atoms with van der Waals surface area (Å²) >= 11 is 0. The minimum atomic E-state index is -3.91. The van der Waals surface area contributed by atoms with Crippen molar-refractivity contribution in [2.45, 2.75) is 37.4 Å². The molecule has 10 heteroatoms. The van der Waals surface area contributed by atoms with Crippen molar-refractivity contribution < 1.29 is 23.0 Å². The summed E-state index contributed by atoms with van der Waals surface area (Å²) in [6.07, 6.45) is 4.74. The smallest absolute Gasteiger partial charge is 0.247 e. The highest BCUT2D eigenvalue weighted by atomic mass is 32.2. The van der Waals surface area contributed by atoms with Crippen LogP contribution < -0.4 is 9.47 Å². The molecule has 198 valence electrons. The molecule has 0 aliphatic carbocycles. The number of aliphatic hydroxyl groups excluding tert-OH is 1. The van der Waals surface area contributed by atoms with Crippen molar-refractivity contribution in [2.75, 3.05) is 33.9 Å². The third-order valence-electron chi connectivity index (χ3n) is 6.63. The summed E-state index contributed by atoms with van der Waals surface area (Å²) in [5.41, 5.74) is 2.68. The summed E-state index contributed by atoms with van der Waals surface area (Å²) in [5, 5.41) is 9.86. The molecule has 0 unspecified atom stereocenters. The molecule has 1 aliphatic rings. The lowest BCUT2D eigenvalue weighted by Gasteiger charge is -2.37. The summed E-state index contributed by atoms with van der Waals surface area (Å²) in [4.78, 5) is 10.4. The van der Waals surface area contributed by atoms with Crippen molar-refractivity contribution in [1.82, 2.24) is 19.2 Å². The molecule has 4 rings (SSSR count). The summed E-state index contributed by atoms with van der Waals surface area (Å²) in [7, 11) is -0.312. The van der Waals surface area contributed by atoms with E-state index in [2.05, 4.69) is 14.9 Å². The van der Waals surface area contributed by atoms with Crippen LogP contribution in [0.15, 0.2) is 66.1 Å². The van der Waals surface area contributed by atoms with Crippen LogP contribution in [0.25, 0.3) is 11.1 Å². The zero-order chi connectivity index (χ0) is 26.6. The van der Waals surface area contributed by atoms with E-state index in [-0.39, 0.29) is 30.1 Å². The first kappa shape index (κ1) is 27.0. The second kappa shape index (κ2) is 11.6. The first-order valence-corrected chi connectivity index (χ1v) is 13.7. The van der Waals surface area contributed by atoms with Gasteiger partial charge in [-0.1, -0.05) is 25.1 Å². The maximum atomic E-state index is 13.7. The highest BCUT2D eigenvalue weighted by Gasteiger charge is 2.38. The molecule has 2 aromatic carbocycles. The number of rotatable bonds is 8. The van der Waals surface area contributed by atoms with E-state index in [1.807, 2.05) is 38.2 Å². The number of likely N-dealkylation sites (N-methyl/N-ethyl adjacent to an activating group) is 1. The van der Waals surface area contributed by atoms with Crippen molar-refractivity contribution in [2.24, 2.45) is 5.92 Å². The van der Waals surface area contributed by atoms with E-state index >= 15 is 0 Å². The number of nitrogens with zero attached hydrogens (tertiary/aromatic N) is 4. The van der Waals surface area contributed by atoms with Gasteiger partial charge >= 0.3 is 0 Å². The molecule has 0 bridgehead atoms. The largest absolute Gasteiger partial charge is 0.497 e. The van der Waals surface area contributed by atoms with E-state index < -0.39 is 16.1 Å². The fraction of sp³-hybridized carbons (Fsp3) is 0.407. The van der Waals surface area contributed by atoms with Crippen LogP contribution in [0, 0.1) is 5.92 Å². The van der Waals surface area contributed by atoms with Crippen molar-refractivity contribution in [1.29, 1.82) is 0 Å². The quantitative estimate of drug-likeness (QED) is 0.478. The van der Waals surface area contributed by atoms with Crippen molar-refractivity contribution in [3.8, 4) is 22.6 Å². The van der Waals surface area contributed by atoms with Crippen molar-refractivity contribution in [3.63, 3.8) is 0 Å². The predicted molar refractivity (Wildman–Crippen MR) is 141 cm³/mol. The lowest BCUT2D eigenvalue weighted by Crippen LogP contribution is -2.49. The van der Waals surface area contributed by atoms with Gasteiger partial charge in [0.15, 0.2) is 0 Å². The van der Waals surface area contributed by atoms with Crippen molar-refractivity contribution >= 4 is 10.0 Å². The third-order valence-corrected chi connectivity index (χ3v) is 8.65. The lowest BCUT2D eigenvalue weighted by molar-refractivity contribution is 0.0733. The van der Waals surface area contributed by atoms with Gasteiger partial charge in [-0.15, -0.1) is 0 Å². The monoisotopic (exact) mass is 526 g/mol. The Morgan fingerprint density at radius 3 is 2.62 bits per heavy atom. The number of hydrogen-bond acceptors (Lipinski definition) is 8. The number of ether oxygens (including phenoxy) is 2. The Hall–Kier alpha value is -3.05. The molecule has 37 heavy (non-hydrogen) atoms. The first-order valence-electron chi connectivity index (χ1n) is 12.2. The van der Waals surface area contributed by atoms with E-state index in [9.17, 15) is 13.5 Å². The van der Waals surface area contributed by atoms with Gasteiger partial charge in [-0.3, -0.25) is 4.90 Å². The Morgan fingerprint density at radius 2 is 1.92 bits per heavy atom. The summed E-state index contributed by atoms with van der Waals surface area (Å²) in [5.74, 6) is 0.856. The number of sulfonamides is 1. The molecule has 0 saturated carbocycles. The molecule has 2 heterocycles. The highest BCUT2D eigenvalue weighted by Crippen LogP contribution is 2.37. The molecule has 0 radical (unpaired) electrons. The van der Waals surface area contributed by atoms with E-state index in [1.54, 1.807) is 44.6 Å². The van der Waals surface area contributed by atoms with Gasteiger partial charge < -0.3 is 14.6 Å². The van der Waals surface area contributed by atoms with Gasteiger partial charge in [0.2, 0.25) is 10.0 Å². The van der Waals surface area contributed by atoms with E-state index in [4.69, 9.17) is 9.47 Å². The molecule has 1 aromatic heterocycles. The van der Waals surface area contributed by atoms with Crippen LogP contribution in [0.3, 0.4) is 0 Å². The predicted octanol–water partition coefficient (Wildman–Crippen LogP) is 3.05. The van der Waals surface area contributed by atoms with Gasteiger partial charge in [-0.25, -0.2) is 18.4 Å². The minimum Gasteiger partial charge on any atom is -0.497 e. The average molecular weight is 527 g/mol. The van der Waals surface area contributed by atoms with Crippen LogP contribution in [0.4, 0.5) is 0 Å². The molecule has 1 aliphatic heterocycles. The number of fused-ring (bicyclic) bond motifs is 1. The Labute approximate surface area is 218 Å². The summed E-state index contributed by atoms with van der Waals surface area (Å²) in [6.45, 7) is 4.83. The number of hydrogen-bond donors (Lipinski definition) is 1. The average Bonchev–Trinajstić information content (AvgIpc) is 2.90. The molecule has 3 aromatic rings. The Kier molecular flexibility index (Phi) is 8.43. The van der Waals surface area contributed by atoms with Gasteiger partial charge in [0, 0.05) is 49.6 Å². The van der Waals surface area contributed by atoms with Crippen LogP contribution >= 0.6 is 0 Å². The van der Waals surface area contributed by atoms with Gasteiger partial charge in [0.25, 0.3) is 0 Å². The normalized spacial score (nSPS) is 20.4. The molecule has 0 saturated heterocycles. The Morgan fingerprint density at radius 1 is 1.19 bits per heavy atom. The number of methoxy groups -OCH3 is 1. The van der Waals surface area contributed by atoms with Crippen LogP contribution in [0.1, 0.15) is 19.4 Å².